The SMILES string of the molecule is Cc1c(S(=O)(=O)NC2CCCN(c3ncnc4sc(CC(F)(F)F)cc34)C2)ccc2[nH]c(C#N)cc12. The predicted molar refractivity (Wildman–Crippen MR) is 130 cm³/mol. The number of rotatable bonds is 5. The van der Waals surface area contributed by atoms with Gasteiger partial charge in [0.2, 0.25) is 10.0 Å². The lowest BCUT2D eigenvalue weighted by molar-refractivity contribution is -0.126. The molecule has 4 heterocycles. The summed E-state index contributed by atoms with van der Waals surface area (Å²) in [6.45, 7) is 2.62. The van der Waals surface area contributed by atoms with Crippen molar-refractivity contribution in [3.05, 3.63) is 46.7 Å². The minimum atomic E-state index is -4.32. The Morgan fingerprint density at radius 1 is 1.28 bits per heavy atom. The van der Waals surface area contributed by atoms with Crippen LogP contribution in [0.3, 0.4) is 0 Å². The van der Waals surface area contributed by atoms with Gasteiger partial charge in [-0.2, -0.15) is 18.4 Å². The smallest absolute Gasteiger partial charge is 0.354 e. The topological polar surface area (TPSA) is 115 Å². The van der Waals surface area contributed by atoms with Gasteiger partial charge in [-0.1, -0.05) is 0 Å². The molecule has 1 atom stereocenters. The van der Waals surface area contributed by atoms with Crippen molar-refractivity contribution >= 4 is 48.3 Å². The molecule has 4 aromatic rings. The molecule has 2 N–H and O–H groups in total. The van der Waals surface area contributed by atoms with Crippen LogP contribution in [0.1, 0.15) is 29.0 Å². The highest BCUT2D eigenvalue weighted by Crippen LogP contribution is 2.35. The largest absolute Gasteiger partial charge is 0.393 e. The molecular formula is C23H21F3N6O2S2. The van der Waals surface area contributed by atoms with Gasteiger partial charge in [-0.15, -0.1) is 11.3 Å². The maximum atomic E-state index is 13.3. The van der Waals surface area contributed by atoms with Crippen LogP contribution in [0.15, 0.2) is 35.5 Å². The molecule has 1 aliphatic rings. The van der Waals surface area contributed by atoms with Gasteiger partial charge in [0.15, 0.2) is 0 Å². The summed E-state index contributed by atoms with van der Waals surface area (Å²) in [4.78, 5) is 14.0. The number of piperidine rings is 1. The van der Waals surface area contributed by atoms with E-state index in [1.165, 1.54) is 18.5 Å². The molecular weight excluding hydrogens is 513 g/mol. The molecule has 1 aromatic carbocycles. The van der Waals surface area contributed by atoms with Gasteiger partial charge in [0.25, 0.3) is 0 Å². The van der Waals surface area contributed by atoms with Gasteiger partial charge >= 0.3 is 6.18 Å². The lowest BCUT2D eigenvalue weighted by Crippen LogP contribution is -2.48. The maximum absolute atomic E-state index is 13.3. The number of sulfonamides is 1. The number of hydrogen-bond acceptors (Lipinski definition) is 7. The third kappa shape index (κ3) is 4.76. The fourth-order valence-electron chi connectivity index (χ4n) is 4.66. The van der Waals surface area contributed by atoms with Gasteiger partial charge in [0.1, 0.15) is 28.7 Å². The van der Waals surface area contributed by atoms with Crippen LogP contribution in [0, 0.1) is 18.3 Å². The lowest BCUT2D eigenvalue weighted by Gasteiger charge is -2.34. The molecule has 0 spiro atoms. The fourth-order valence-corrected chi connectivity index (χ4v) is 7.20. The highest BCUT2D eigenvalue weighted by molar-refractivity contribution is 7.89. The monoisotopic (exact) mass is 534 g/mol. The number of benzene rings is 1. The van der Waals surface area contributed by atoms with Crippen molar-refractivity contribution in [2.75, 3.05) is 18.0 Å². The number of H-pyrrole nitrogens is 1. The summed E-state index contributed by atoms with van der Waals surface area (Å²) >= 11 is 0.984. The van der Waals surface area contributed by atoms with E-state index in [9.17, 15) is 21.6 Å². The van der Waals surface area contributed by atoms with Crippen molar-refractivity contribution in [3.63, 3.8) is 0 Å². The Morgan fingerprint density at radius 2 is 2.08 bits per heavy atom. The van der Waals surface area contributed by atoms with Crippen LogP contribution in [-0.4, -0.2) is 48.7 Å². The Labute approximate surface area is 208 Å². The third-order valence-electron chi connectivity index (χ3n) is 6.21. The maximum Gasteiger partial charge on any atom is 0.393 e. The molecule has 5 rings (SSSR count). The average Bonchev–Trinajstić information content (AvgIpc) is 3.41. The van der Waals surface area contributed by atoms with Gasteiger partial charge in [-0.25, -0.2) is 23.1 Å². The van der Waals surface area contributed by atoms with E-state index < -0.39 is 28.7 Å². The number of thiophene rings is 1. The van der Waals surface area contributed by atoms with Gasteiger partial charge in [-0.3, -0.25) is 0 Å². The van der Waals surface area contributed by atoms with E-state index >= 15 is 0 Å². The van der Waals surface area contributed by atoms with Crippen LogP contribution in [0.4, 0.5) is 19.0 Å². The Balaban J connectivity index is 1.39. The van der Waals surface area contributed by atoms with Crippen LogP contribution >= 0.6 is 11.3 Å². The number of fused-ring (bicyclic) bond motifs is 2. The Morgan fingerprint density at radius 3 is 2.83 bits per heavy atom. The summed E-state index contributed by atoms with van der Waals surface area (Å²) < 4.78 is 68.0. The number of halogens is 3. The summed E-state index contributed by atoms with van der Waals surface area (Å²) in [5.74, 6) is 0.502. The summed E-state index contributed by atoms with van der Waals surface area (Å²) in [6.07, 6.45) is -2.74. The minimum absolute atomic E-state index is 0.134. The van der Waals surface area contributed by atoms with Gasteiger partial charge < -0.3 is 9.88 Å². The molecule has 0 radical (unpaired) electrons. The van der Waals surface area contributed by atoms with Crippen molar-refractivity contribution in [1.29, 1.82) is 5.26 Å². The van der Waals surface area contributed by atoms with Crippen LogP contribution in [0.2, 0.25) is 0 Å². The Hall–Kier alpha value is -3.21. The number of anilines is 1. The molecule has 0 amide bonds. The molecule has 0 aliphatic carbocycles. The molecule has 0 saturated carbocycles. The molecule has 3 aromatic heterocycles. The average molecular weight is 535 g/mol. The molecule has 1 unspecified atom stereocenters. The zero-order chi connectivity index (χ0) is 25.7. The molecule has 0 bridgehead atoms. The zero-order valence-corrected chi connectivity index (χ0v) is 20.7. The number of nitrogens with one attached hydrogen (secondary N) is 2. The standard InChI is InChI=1S/C23H21F3N6O2S2/c1-13-17-7-15(10-27)30-19(17)4-5-20(13)36(33,34)31-14-3-2-6-32(11-14)21-18-8-16(9-23(24,25)26)35-22(18)29-12-28-21/h4-5,7-8,12,14,30-31H,2-3,6,9,11H2,1H3. The highest BCUT2D eigenvalue weighted by atomic mass is 32.2. The molecule has 1 fully saturated rings. The molecule has 1 saturated heterocycles. The summed E-state index contributed by atoms with van der Waals surface area (Å²) in [5.41, 5.74) is 1.57. The number of alkyl halides is 3. The van der Waals surface area contributed by atoms with Gasteiger partial charge in [0.05, 0.1) is 16.7 Å². The first-order valence-electron chi connectivity index (χ1n) is 11.1. The molecule has 1 aliphatic heterocycles. The van der Waals surface area contributed by atoms with Crippen molar-refractivity contribution in [3.8, 4) is 6.07 Å². The van der Waals surface area contributed by atoms with Crippen molar-refractivity contribution in [1.82, 2.24) is 19.7 Å². The molecule has 36 heavy (non-hydrogen) atoms. The predicted octanol–water partition coefficient (Wildman–Crippen LogP) is 4.40. The summed E-state index contributed by atoms with van der Waals surface area (Å²) in [7, 11) is -3.87. The van der Waals surface area contributed by atoms with Crippen molar-refractivity contribution in [2.45, 2.75) is 43.3 Å². The van der Waals surface area contributed by atoms with E-state index in [2.05, 4.69) is 19.7 Å². The molecule has 8 nitrogen and oxygen atoms in total. The fraction of sp³-hybridized carbons (Fsp3) is 0.348. The highest BCUT2D eigenvalue weighted by Gasteiger charge is 2.31. The number of aryl methyl sites for hydroxylation is 1. The van der Waals surface area contributed by atoms with E-state index in [1.807, 2.05) is 11.0 Å². The van der Waals surface area contributed by atoms with Gasteiger partial charge in [-0.05, 0) is 49.6 Å². The lowest BCUT2D eigenvalue weighted by atomic mass is 10.1. The van der Waals surface area contributed by atoms with Crippen molar-refractivity contribution in [2.24, 2.45) is 0 Å². The van der Waals surface area contributed by atoms with Gasteiger partial charge in [0, 0.05) is 34.9 Å². The molecule has 13 heteroatoms. The van der Waals surface area contributed by atoms with E-state index in [-0.39, 0.29) is 9.77 Å². The number of aromatic nitrogens is 3. The van der Waals surface area contributed by atoms with Crippen LogP contribution < -0.4 is 9.62 Å². The van der Waals surface area contributed by atoms with Crippen LogP contribution in [-0.2, 0) is 16.4 Å². The zero-order valence-electron chi connectivity index (χ0n) is 19.1. The quantitative estimate of drug-likeness (QED) is 0.392. The van der Waals surface area contributed by atoms with E-state index in [0.29, 0.717) is 64.1 Å². The normalized spacial score (nSPS) is 17.1. The summed E-state index contributed by atoms with van der Waals surface area (Å²) in [5, 5.41) is 10.3. The second-order valence-corrected chi connectivity index (χ2v) is 11.6. The number of hydrogen-bond donors (Lipinski definition) is 2. The van der Waals surface area contributed by atoms with E-state index in [4.69, 9.17) is 5.26 Å². The second-order valence-electron chi connectivity index (χ2n) is 8.77. The first kappa shape index (κ1) is 24.5. The number of nitrogens with zero attached hydrogens (tertiary/aromatic N) is 4. The second kappa shape index (κ2) is 9.02. The number of nitriles is 1. The first-order valence-corrected chi connectivity index (χ1v) is 13.4. The third-order valence-corrected chi connectivity index (χ3v) is 8.92. The Kier molecular flexibility index (Phi) is 6.14. The van der Waals surface area contributed by atoms with Crippen LogP contribution in [0.5, 0.6) is 0 Å². The minimum Gasteiger partial charge on any atom is -0.354 e. The first-order chi connectivity index (χ1) is 17.0. The van der Waals surface area contributed by atoms with Crippen molar-refractivity contribution < 1.29 is 21.6 Å². The molecule has 188 valence electrons. The number of aromatic amines is 1. The van der Waals surface area contributed by atoms with Crippen LogP contribution in [0.25, 0.3) is 21.1 Å². The summed E-state index contributed by atoms with van der Waals surface area (Å²) in [6, 6.07) is 7.85. The van der Waals surface area contributed by atoms with E-state index in [0.717, 1.165) is 11.3 Å². The Bertz CT molecular complexity index is 1600. The van der Waals surface area contributed by atoms with E-state index in [1.54, 1.807) is 19.1 Å².